The number of nitrogens with zero attached hydrogens (tertiary/aromatic N) is 1. The van der Waals surface area contributed by atoms with Gasteiger partial charge in [-0.05, 0) is 18.6 Å². The predicted molar refractivity (Wildman–Crippen MR) is 80.0 cm³/mol. The maximum absolute atomic E-state index is 4.31. The Kier molecular flexibility index (Phi) is 4.65. The van der Waals surface area contributed by atoms with E-state index in [2.05, 4.69) is 47.6 Å². The number of aromatic nitrogens is 1. The molecule has 1 heterocycles. The van der Waals surface area contributed by atoms with Crippen LogP contribution < -0.4 is 5.32 Å². The normalized spacial score (nSPS) is 10.3. The Hall–Kier alpha value is -1.48. The summed E-state index contributed by atoms with van der Waals surface area (Å²) in [5.74, 6) is 3.01. The van der Waals surface area contributed by atoms with Crippen molar-refractivity contribution in [2.75, 3.05) is 12.4 Å². The third-order valence-electron chi connectivity index (χ3n) is 2.74. The van der Waals surface area contributed by atoms with Gasteiger partial charge in [0.15, 0.2) is 0 Å². The minimum absolute atomic E-state index is 0.981. The van der Waals surface area contributed by atoms with E-state index in [1.807, 2.05) is 31.1 Å². The molecular weight excluding hydrogens is 240 g/mol. The maximum Gasteiger partial charge on any atom is 0.129 e. The first kappa shape index (κ1) is 13.0. The van der Waals surface area contributed by atoms with E-state index < -0.39 is 0 Å². The van der Waals surface area contributed by atoms with E-state index >= 15 is 0 Å². The molecule has 2 rings (SSSR count). The fourth-order valence-electron chi connectivity index (χ4n) is 1.86. The van der Waals surface area contributed by atoms with E-state index in [-0.39, 0.29) is 0 Å². The van der Waals surface area contributed by atoms with Crippen molar-refractivity contribution in [3.63, 3.8) is 0 Å². The van der Waals surface area contributed by atoms with Crippen molar-refractivity contribution in [3.05, 3.63) is 59.3 Å². The van der Waals surface area contributed by atoms with Gasteiger partial charge in [0, 0.05) is 30.3 Å². The summed E-state index contributed by atoms with van der Waals surface area (Å²) in [6.07, 6.45) is 1.82. The third-order valence-corrected chi connectivity index (χ3v) is 3.79. The molecule has 0 spiro atoms. The van der Waals surface area contributed by atoms with Gasteiger partial charge >= 0.3 is 0 Å². The van der Waals surface area contributed by atoms with Crippen LogP contribution in [0.4, 0.5) is 5.82 Å². The highest BCUT2D eigenvalue weighted by atomic mass is 32.2. The summed E-state index contributed by atoms with van der Waals surface area (Å²) in [4.78, 5) is 4.31. The molecule has 0 saturated carbocycles. The molecule has 0 amide bonds. The topological polar surface area (TPSA) is 24.9 Å². The van der Waals surface area contributed by atoms with E-state index in [0.29, 0.717) is 0 Å². The van der Waals surface area contributed by atoms with Crippen LogP contribution >= 0.6 is 11.8 Å². The summed E-state index contributed by atoms with van der Waals surface area (Å²) in [7, 11) is 1.91. The fraction of sp³-hybridized carbons (Fsp3) is 0.267. The molecule has 18 heavy (non-hydrogen) atoms. The molecule has 94 valence electrons. The number of hydrogen-bond donors (Lipinski definition) is 1. The van der Waals surface area contributed by atoms with Crippen molar-refractivity contribution < 1.29 is 0 Å². The highest BCUT2D eigenvalue weighted by Gasteiger charge is 2.01. The predicted octanol–water partition coefficient (Wildman–Crippen LogP) is 3.87. The number of anilines is 1. The number of thioether (sulfide) groups is 1. The summed E-state index contributed by atoms with van der Waals surface area (Å²) in [6.45, 7) is 2.13. The van der Waals surface area contributed by atoms with E-state index in [9.17, 15) is 0 Å². The number of aryl methyl sites for hydroxylation is 1. The third kappa shape index (κ3) is 3.50. The van der Waals surface area contributed by atoms with Gasteiger partial charge in [-0.25, -0.2) is 4.98 Å². The second-order valence-corrected chi connectivity index (χ2v) is 5.23. The van der Waals surface area contributed by atoms with Gasteiger partial charge in [0.2, 0.25) is 0 Å². The van der Waals surface area contributed by atoms with Gasteiger partial charge < -0.3 is 5.32 Å². The Balaban J connectivity index is 1.92. The van der Waals surface area contributed by atoms with Crippen LogP contribution in [-0.4, -0.2) is 12.0 Å². The first-order valence-electron chi connectivity index (χ1n) is 6.04. The highest BCUT2D eigenvalue weighted by Crippen LogP contribution is 2.21. The molecule has 2 nitrogen and oxygen atoms in total. The zero-order valence-corrected chi connectivity index (χ0v) is 11.6. The maximum atomic E-state index is 4.31. The number of hydrogen-bond acceptors (Lipinski definition) is 3. The smallest absolute Gasteiger partial charge is 0.129 e. The van der Waals surface area contributed by atoms with Crippen molar-refractivity contribution in [1.82, 2.24) is 4.98 Å². The number of rotatable bonds is 5. The molecule has 0 atom stereocenters. The lowest BCUT2D eigenvalue weighted by Crippen LogP contribution is -1.96. The Morgan fingerprint density at radius 1 is 1.17 bits per heavy atom. The zero-order chi connectivity index (χ0) is 12.8. The minimum Gasteiger partial charge on any atom is -0.373 e. The summed E-state index contributed by atoms with van der Waals surface area (Å²) in [5, 5.41) is 3.13. The Labute approximate surface area is 113 Å². The summed E-state index contributed by atoms with van der Waals surface area (Å²) in [6, 6.07) is 12.8. The van der Waals surface area contributed by atoms with Crippen LogP contribution in [0.1, 0.15) is 16.7 Å². The standard InChI is InChI=1S/C15H18N2S/c1-12-5-3-6-13(9-12)10-18-11-14-7-4-8-17-15(14)16-2/h3-9H,10-11H2,1-2H3,(H,16,17). The lowest BCUT2D eigenvalue weighted by Gasteiger charge is -2.07. The molecule has 1 aromatic carbocycles. The molecule has 0 radical (unpaired) electrons. The van der Waals surface area contributed by atoms with Gasteiger partial charge in [0.05, 0.1) is 0 Å². The van der Waals surface area contributed by atoms with Gasteiger partial charge in [0.25, 0.3) is 0 Å². The average molecular weight is 258 g/mol. The molecule has 2 aromatic rings. The number of pyridine rings is 1. The van der Waals surface area contributed by atoms with Crippen molar-refractivity contribution in [2.45, 2.75) is 18.4 Å². The fourth-order valence-corrected chi connectivity index (χ4v) is 2.83. The van der Waals surface area contributed by atoms with Gasteiger partial charge in [0.1, 0.15) is 5.82 Å². The van der Waals surface area contributed by atoms with Crippen molar-refractivity contribution >= 4 is 17.6 Å². The molecule has 0 bridgehead atoms. The van der Waals surface area contributed by atoms with Crippen LogP contribution in [0.5, 0.6) is 0 Å². The summed E-state index contributed by atoms with van der Waals surface area (Å²) < 4.78 is 0. The molecule has 0 unspecified atom stereocenters. The van der Waals surface area contributed by atoms with Crippen LogP contribution in [0, 0.1) is 6.92 Å². The molecule has 0 fully saturated rings. The second-order valence-electron chi connectivity index (χ2n) is 4.24. The van der Waals surface area contributed by atoms with Crippen LogP contribution in [0.15, 0.2) is 42.6 Å². The lowest BCUT2D eigenvalue weighted by molar-refractivity contribution is 1.22. The lowest BCUT2D eigenvalue weighted by atomic mass is 10.2. The highest BCUT2D eigenvalue weighted by molar-refractivity contribution is 7.97. The van der Waals surface area contributed by atoms with Crippen molar-refractivity contribution in [2.24, 2.45) is 0 Å². The van der Waals surface area contributed by atoms with Crippen LogP contribution in [0.25, 0.3) is 0 Å². The molecule has 0 aliphatic rings. The summed E-state index contributed by atoms with van der Waals surface area (Å²) in [5.41, 5.74) is 3.97. The average Bonchev–Trinajstić information content (AvgIpc) is 2.39. The number of benzene rings is 1. The quantitative estimate of drug-likeness (QED) is 0.881. The van der Waals surface area contributed by atoms with Gasteiger partial charge in [-0.3, -0.25) is 0 Å². The largest absolute Gasteiger partial charge is 0.373 e. The Morgan fingerprint density at radius 3 is 2.83 bits per heavy atom. The van der Waals surface area contributed by atoms with E-state index in [1.165, 1.54) is 16.7 Å². The monoisotopic (exact) mass is 258 g/mol. The molecule has 3 heteroatoms. The van der Waals surface area contributed by atoms with Crippen LogP contribution in [0.2, 0.25) is 0 Å². The molecule has 1 aromatic heterocycles. The Morgan fingerprint density at radius 2 is 2.06 bits per heavy atom. The van der Waals surface area contributed by atoms with Gasteiger partial charge in [-0.2, -0.15) is 11.8 Å². The summed E-state index contributed by atoms with van der Waals surface area (Å²) >= 11 is 1.92. The van der Waals surface area contributed by atoms with Crippen molar-refractivity contribution in [3.8, 4) is 0 Å². The molecule has 0 aliphatic heterocycles. The van der Waals surface area contributed by atoms with Gasteiger partial charge in [-0.15, -0.1) is 0 Å². The second kappa shape index (κ2) is 6.45. The van der Waals surface area contributed by atoms with E-state index in [1.54, 1.807) is 0 Å². The van der Waals surface area contributed by atoms with Crippen LogP contribution in [0.3, 0.4) is 0 Å². The van der Waals surface area contributed by atoms with Crippen LogP contribution in [-0.2, 0) is 11.5 Å². The SMILES string of the molecule is CNc1ncccc1CSCc1cccc(C)c1. The molecule has 1 N–H and O–H groups in total. The van der Waals surface area contributed by atoms with E-state index in [4.69, 9.17) is 0 Å². The number of nitrogens with one attached hydrogen (secondary N) is 1. The minimum atomic E-state index is 0.981. The Bertz CT molecular complexity index is 511. The zero-order valence-electron chi connectivity index (χ0n) is 10.8. The first-order chi connectivity index (χ1) is 8.79. The molecular formula is C15H18N2S. The van der Waals surface area contributed by atoms with E-state index in [0.717, 1.165) is 17.3 Å². The van der Waals surface area contributed by atoms with Crippen molar-refractivity contribution in [1.29, 1.82) is 0 Å². The van der Waals surface area contributed by atoms with Gasteiger partial charge in [-0.1, -0.05) is 35.9 Å². The molecule has 0 aliphatic carbocycles. The first-order valence-corrected chi connectivity index (χ1v) is 7.20. The molecule has 0 saturated heterocycles.